The van der Waals surface area contributed by atoms with Gasteiger partial charge in [0.25, 0.3) is 0 Å². The molecule has 2 rings (SSSR count). The summed E-state index contributed by atoms with van der Waals surface area (Å²) >= 11 is 5.93. The van der Waals surface area contributed by atoms with Crippen molar-refractivity contribution in [2.24, 2.45) is 11.3 Å². The van der Waals surface area contributed by atoms with Crippen LogP contribution in [0, 0.1) is 18.3 Å². The number of hydrogen-bond donors (Lipinski definition) is 0. The zero-order chi connectivity index (χ0) is 13.3. The monoisotopic (exact) mass is 267 g/mol. The lowest BCUT2D eigenvalue weighted by Gasteiger charge is -2.39. The minimum Gasteiger partial charge on any atom is -0.490 e. The number of hydrogen-bond acceptors (Lipinski definition) is 2. The van der Waals surface area contributed by atoms with Gasteiger partial charge >= 0.3 is 0 Å². The number of pyridine rings is 1. The van der Waals surface area contributed by atoms with E-state index < -0.39 is 0 Å². The van der Waals surface area contributed by atoms with Crippen molar-refractivity contribution in [3.8, 4) is 5.75 Å². The van der Waals surface area contributed by atoms with E-state index in [-0.39, 0.29) is 0 Å². The molecule has 0 amide bonds. The van der Waals surface area contributed by atoms with Gasteiger partial charge in [-0.1, -0.05) is 32.4 Å². The molecule has 2 atom stereocenters. The normalized spacial score (nSPS) is 26.9. The summed E-state index contributed by atoms with van der Waals surface area (Å²) in [6.07, 6.45) is 5.58. The van der Waals surface area contributed by atoms with Crippen molar-refractivity contribution >= 4 is 11.6 Å². The molecular formula is C15H22ClNO. The Morgan fingerprint density at radius 2 is 2.11 bits per heavy atom. The van der Waals surface area contributed by atoms with Crippen LogP contribution >= 0.6 is 11.6 Å². The predicted molar refractivity (Wildman–Crippen MR) is 75.2 cm³/mol. The third-order valence-corrected chi connectivity index (χ3v) is 3.87. The lowest BCUT2D eigenvalue weighted by atomic mass is 9.71. The van der Waals surface area contributed by atoms with Crippen LogP contribution in [0.25, 0.3) is 0 Å². The molecule has 0 N–H and O–H groups in total. The fourth-order valence-corrected chi connectivity index (χ4v) is 3.28. The molecule has 0 saturated heterocycles. The van der Waals surface area contributed by atoms with E-state index in [0.717, 1.165) is 30.1 Å². The van der Waals surface area contributed by atoms with Crippen molar-refractivity contribution in [2.75, 3.05) is 0 Å². The molecule has 2 nitrogen and oxygen atoms in total. The Labute approximate surface area is 115 Å². The Hall–Kier alpha value is -0.760. The smallest absolute Gasteiger partial charge is 0.132 e. The van der Waals surface area contributed by atoms with Gasteiger partial charge in [-0.25, -0.2) is 4.98 Å². The molecule has 0 radical (unpaired) electrons. The van der Waals surface area contributed by atoms with Crippen molar-refractivity contribution < 1.29 is 4.74 Å². The first-order valence-corrected chi connectivity index (χ1v) is 7.02. The van der Waals surface area contributed by atoms with Gasteiger partial charge in [0, 0.05) is 17.8 Å². The molecule has 1 aromatic rings. The maximum absolute atomic E-state index is 6.15. The molecule has 1 aromatic heterocycles. The lowest BCUT2D eigenvalue weighted by Crippen LogP contribution is -2.34. The van der Waals surface area contributed by atoms with Crippen molar-refractivity contribution in [1.29, 1.82) is 0 Å². The number of rotatable bonds is 2. The van der Waals surface area contributed by atoms with Crippen LogP contribution in [0.3, 0.4) is 0 Å². The Kier molecular flexibility index (Phi) is 3.86. The first-order chi connectivity index (χ1) is 8.35. The summed E-state index contributed by atoms with van der Waals surface area (Å²) in [6.45, 7) is 8.97. The summed E-state index contributed by atoms with van der Waals surface area (Å²) in [7, 11) is 0. The van der Waals surface area contributed by atoms with E-state index in [9.17, 15) is 0 Å². The number of nitrogens with zero attached hydrogens (tertiary/aromatic N) is 1. The minimum absolute atomic E-state index is 0.293. The Bertz CT molecular complexity index is 431. The van der Waals surface area contributed by atoms with E-state index in [1.807, 2.05) is 13.0 Å². The van der Waals surface area contributed by atoms with E-state index in [1.54, 1.807) is 6.20 Å². The van der Waals surface area contributed by atoms with Gasteiger partial charge in [-0.3, -0.25) is 0 Å². The van der Waals surface area contributed by atoms with Gasteiger partial charge in [0.15, 0.2) is 0 Å². The maximum atomic E-state index is 6.15. The van der Waals surface area contributed by atoms with E-state index in [0.29, 0.717) is 16.7 Å². The molecular weight excluding hydrogens is 246 g/mol. The largest absolute Gasteiger partial charge is 0.490 e. The molecule has 1 fully saturated rings. The van der Waals surface area contributed by atoms with Gasteiger partial charge in [0.05, 0.1) is 6.10 Å². The molecule has 18 heavy (non-hydrogen) atoms. The Morgan fingerprint density at radius 1 is 1.39 bits per heavy atom. The zero-order valence-corrected chi connectivity index (χ0v) is 12.4. The molecule has 0 bridgehead atoms. The minimum atomic E-state index is 0.293. The second-order valence-electron chi connectivity index (χ2n) is 6.43. The fraction of sp³-hybridized carbons (Fsp3) is 0.667. The van der Waals surface area contributed by atoms with Crippen molar-refractivity contribution in [3.05, 3.63) is 23.0 Å². The van der Waals surface area contributed by atoms with Gasteiger partial charge in [-0.15, -0.1) is 0 Å². The summed E-state index contributed by atoms with van der Waals surface area (Å²) in [5.41, 5.74) is 1.42. The topological polar surface area (TPSA) is 22.1 Å². The average Bonchev–Trinajstić information content (AvgIpc) is 2.20. The molecule has 100 valence electrons. The van der Waals surface area contributed by atoms with Crippen molar-refractivity contribution in [1.82, 2.24) is 4.98 Å². The molecule has 1 aliphatic carbocycles. The number of halogens is 1. The molecule has 0 aromatic carbocycles. The van der Waals surface area contributed by atoms with Gasteiger partial charge < -0.3 is 4.74 Å². The summed E-state index contributed by atoms with van der Waals surface area (Å²) in [4.78, 5) is 4.06. The van der Waals surface area contributed by atoms with Crippen LogP contribution in [0.5, 0.6) is 5.75 Å². The standard InChI is InChI=1S/C15H22ClNO/c1-10-5-12(8-15(3,4)7-10)18-13-6-14(16)17-9-11(13)2/h6,9-10,12H,5,7-8H2,1-4H3. The summed E-state index contributed by atoms with van der Waals surface area (Å²) in [6, 6.07) is 1.82. The predicted octanol–water partition coefficient (Wildman–Crippen LogP) is 4.64. The molecule has 0 spiro atoms. The van der Waals surface area contributed by atoms with Gasteiger partial charge in [0.2, 0.25) is 0 Å². The Balaban J connectivity index is 2.11. The van der Waals surface area contributed by atoms with E-state index >= 15 is 0 Å². The number of aromatic nitrogens is 1. The molecule has 1 aliphatic rings. The highest BCUT2D eigenvalue weighted by Gasteiger charge is 2.33. The lowest BCUT2D eigenvalue weighted by molar-refractivity contribution is 0.0557. The quantitative estimate of drug-likeness (QED) is 0.729. The third kappa shape index (κ3) is 3.38. The van der Waals surface area contributed by atoms with Crippen LogP contribution < -0.4 is 4.74 Å². The fourth-order valence-electron chi connectivity index (χ4n) is 3.14. The van der Waals surface area contributed by atoms with Crippen molar-refractivity contribution in [2.45, 2.75) is 53.1 Å². The van der Waals surface area contributed by atoms with E-state index in [4.69, 9.17) is 16.3 Å². The van der Waals surface area contributed by atoms with Gasteiger partial charge in [0.1, 0.15) is 10.9 Å². The molecule has 3 heteroatoms. The van der Waals surface area contributed by atoms with Crippen LogP contribution in [0.1, 0.15) is 45.6 Å². The first kappa shape index (κ1) is 13.7. The molecule has 0 aliphatic heterocycles. The van der Waals surface area contributed by atoms with Crippen LogP contribution in [0.15, 0.2) is 12.3 Å². The van der Waals surface area contributed by atoms with Crippen LogP contribution in [-0.4, -0.2) is 11.1 Å². The summed E-state index contributed by atoms with van der Waals surface area (Å²) < 4.78 is 6.15. The Morgan fingerprint density at radius 3 is 2.78 bits per heavy atom. The zero-order valence-electron chi connectivity index (χ0n) is 11.7. The summed E-state index contributed by atoms with van der Waals surface area (Å²) in [5.74, 6) is 1.60. The second kappa shape index (κ2) is 5.08. The first-order valence-electron chi connectivity index (χ1n) is 6.64. The highest BCUT2D eigenvalue weighted by Crippen LogP contribution is 2.40. The van der Waals surface area contributed by atoms with E-state index in [2.05, 4.69) is 25.8 Å². The highest BCUT2D eigenvalue weighted by atomic mass is 35.5. The van der Waals surface area contributed by atoms with Crippen molar-refractivity contribution in [3.63, 3.8) is 0 Å². The third-order valence-electron chi connectivity index (χ3n) is 3.66. The molecule has 1 heterocycles. The number of ether oxygens (including phenoxy) is 1. The van der Waals surface area contributed by atoms with E-state index in [1.165, 1.54) is 6.42 Å². The average molecular weight is 268 g/mol. The van der Waals surface area contributed by atoms with Crippen LogP contribution in [0.4, 0.5) is 0 Å². The molecule has 1 saturated carbocycles. The summed E-state index contributed by atoms with van der Waals surface area (Å²) in [5, 5.41) is 0.499. The van der Waals surface area contributed by atoms with Gasteiger partial charge in [-0.2, -0.15) is 0 Å². The van der Waals surface area contributed by atoms with Crippen LogP contribution in [0.2, 0.25) is 5.15 Å². The number of aryl methyl sites for hydroxylation is 1. The van der Waals surface area contributed by atoms with Crippen LogP contribution in [-0.2, 0) is 0 Å². The SMILES string of the molecule is Cc1cnc(Cl)cc1OC1CC(C)CC(C)(C)C1. The van der Waals surface area contributed by atoms with Gasteiger partial charge in [-0.05, 0) is 37.5 Å². The second-order valence-corrected chi connectivity index (χ2v) is 6.81. The highest BCUT2D eigenvalue weighted by molar-refractivity contribution is 6.29. The molecule has 2 unspecified atom stereocenters. The maximum Gasteiger partial charge on any atom is 0.132 e.